The second kappa shape index (κ2) is 6.33. The fourth-order valence-electron chi connectivity index (χ4n) is 2.65. The standard InChI is InChI=1S/C17H34O2Si/c1-12(2)15-10-16(18)13(3)9-14(15)11-19-20(7,8)17(4,5)6/h9,12,14-16,18H,10-11H2,1-8H3/t14-,15-,16+/m1/s1. The van der Waals surface area contributed by atoms with Crippen molar-refractivity contribution < 1.29 is 9.53 Å². The highest BCUT2D eigenvalue weighted by Gasteiger charge is 2.39. The molecule has 2 nitrogen and oxygen atoms in total. The largest absolute Gasteiger partial charge is 0.416 e. The van der Waals surface area contributed by atoms with Crippen LogP contribution < -0.4 is 0 Å². The molecule has 20 heavy (non-hydrogen) atoms. The van der Waals surface area contributed by atoms with Gasteiger partial charge in [0, 0.05) is 12.5 Å². The van der Waals surface area contributed by atoms with Gasteiger partial charge in [-0.3, -0.25) is 0 Å². The minimum atomic E-state index is -1.68. The van der Waals surface area contributed by atoms with Crippen molar-refractivity contribution in [3.05, 3.63) is 11.6 Å². The third kappa shape index (κ3) is 4.19. The Balaban J connectivity index is 2.78. The summed E-state index contributed by atoms with van der Waals surface area (Å²) in [7, 11) is -1.68. The van der Waals surface area contributed by atoms with E-state index in [-0.39, 0.29) is 11.1 Å². The molecule has 0 amide bonds. The third-order valence-electron chi connectivity index (χ3n) is 5.35. The Hall–Kier alpha value is -0.123. The average molecular weight is 299 g/mol. The van der Waals surface area contributed by atoms with Crippen LogP contribution in [0.15, 0.2) is 11.6 Å². The fourth-order valence-corrected chi connectivity index (χ4v) is 3.69. The summed E-state index contributed by atoms with van der Waals surface area (Å²) < 4.78 is 6.41. The van der Waals surface area contributed by atoms with Crippen LogP contribution in [0.25, 0.3) is 0 Å². The van der Waals surface area contributed by atoms with Gasteiger partial charge in [-0.15, -0.1) is 0 Å². The van der Waals surface area contributed by atoms with Crippen LogP contribution in [0, 0.1) is 17.8 Å². The normalized spacial score (nSPS) is 28.7. The Morgan fingerprint density at radius 2 is 1.90 bits per heavy atom. The maximum atomic E-state index is 10.1. The Morgan fingerprint density at radius 1 is 1.35 bits per heavy atom. The van der Waals surface area contributed by atoms with Gasteiger partial charge in [-0.05, 0) is 48.9 Å². The lowest BCUT2D eigenvalue weighted by atomic mass is 9.74. The van der Waals surface area contributed by atoms with Gasteiger partial charge in [0.25, 0.3) is 0 Å². The van der Waals surface area contributed by atoms with Crippen molar-refractivity contribution in [2.45, 2.75) is 72.2 Å². The van der Waals surface area contributed by atoms with E-state index in [4.69, 9.17) is 4.43 Å². The zero-order chi connectivity index (χ0) is 15.7. The number of hydrogen-bond acceptors (Lipinski definition) is 2. The second-order valence-electron chi connectivity index (χ2n) is 8.31. The van der Waals surface area contributed by atoms with E-state index in [0.717, 1.165) is 18.6 Å². The molecular weight excluding hydrogens is 264 g/mol. The van der Waals surface area contributed by atoms with Crippen LogP contribution in [0.5, 0.6) is 0 Å². The Kier molecular flexibility index (Phi) is 5.67. The lowest BCUT2D eigenvalue weighted by Crippen LogP contribution is -2.43. The minimum absolute atomic E-state index is 0.257. The molecule has 3 atom stereocenters. The van der Waals surface area contributed by atoms with E-state index in [1.54, 1.807) is 0 Å². The molecule has 1 aliphatic carbocycles. The van der Waals surface area contributed by atoms with Gasteiger partial charge in [-0.2, -0.15) is 0 Å². The van der Waals surface area contributed by atoms with Crippen molar-refractivity contribution in [1.29, 1.82) is 0 Å². The monoisotopic (exact) mass is 298 g/mol. The molecule has 0 radical (unpaired) electrons. The first-order valence-electron chi connectivity index (χ1n) is 7.96. The number of aliphatic hydroxyl groups excluding tert-OH is 1. The van der Waals surface area contributed by atoms with Crippen LogP contribution in [0.1, 0.15) is 48.0 Å². The lowest BCUT2D eigenvalue weighted by molar-refractivity contribution is 0.0994. The summed E-state index contributed by atoms with van der Waals surface area (Å²) in [5, 5.41) is 10.3. The summed E-state index contributed by atoms with van der Waals surface area (Å²) in [6, 6.07) is 0. The van der Waals surface area contributed by atoms with Gasteiger partial charge in [0.1, 0.15) is 0 Å². The quantitative estimate of drug-likeness (QED) is 0.607. The third-order valence-corrected chi connectivity index (χ3v) is 9.85. The van der Waals surface area contributed by atoms with Gasteiger partial charge in [0.15, 0.2) is 8.32 Å². The summed E-state index contributed by atoms with van der Waals surface area (Å²) in [6.45, 7) is 18.8. The second-order valence-corrected chi connectivity index (χ2v) is 13.1. The van der Waals surface area contributed by atoms with Crippen LogP contribution >= 0.6 is 0 Å². The van der Waals surface area contributed by atoms with E-state index < -0.39 is 8.32 Å². The van der Waals surface area contributed by atoms with Crippen LogP contribution in [0.3, 0.4) is 0 Å². The summed E-state index contributed by atoms with van der Waals surface area (Å²) in [4.78, 5) is 0. The van der Waals surface area contributed by atoms with Crippen molar-refractivity contribution in [2.75, 3.05) is 6.61 Å². The molecule has 0 aromatic rings. The summed E-state index contributed by atoms with van der Waals surface area (Å²) in [5.41, 5.74) is 1.12. The molecule has 1 N–H and O–H groups in total. The molecule has 0 fully saturated rings. The lowest BCUT2D eigenvalue weighted by Gasteiger charge is -2.40. The highest BCUT2D eigenvalue weighted by atomic mass is 28.4. The van der Waals surface area contributed by atoms with Crippen molar-refractivity contribution >= 4 is 8.32 Å². The maximum Gasteiger partial charge on any atom is 0.192 e. The predicted molar refractivity (Wildman–Crippen MR) is 89.3 cm³/mol. The molecule has 0 heterocycles. The molecule has 0 aromatic carbocycles. The average Bonchev–Trinajstić information content (AvgIpc) is 2.28. The Labute approximate surface area is 126 Å². The van der Waals surface area contributed by atoms with E-state index >= 15 is 0 Å². The smallest absolute Gasteiger partial charge is 0.192 e. The molecule has 0 bridgehead atoms. The predicted octanol–water partition coefficient (Wildman–Crippen LogP) is 4.61. The Morgan fingerprint density at radius 3 is 2.35 bits per heavy atom. The van der Waals surface area contributed by atoms with Gasteiger partial charge < -0.3 is 9.53 Å². The molecule has 3 heteroatoms. The SMILES string of the molecule is CC1=C[C@H](CO[Si](C)(C)C(C)(C)C)[C@@H](C(C)C)C[C@@H]1O. The molecule has 118 valence electrons. The first kappa shape index (κ1) is 17.9. The molecule has 1 aliphatic rings. The van der Waals surface area contributed by atoms with Crippen LogP contribution in [-0.2, 0) is 4.43 Å². The Bertz CT molecular complexity index is 352. The van der Waals surface area contributed by atoms with Gasteiger partial charge >= 0.3 is 0 Å². The van der Waals surface area contributed by atoms with E-state index in [1.807, 2.05) is 6.92 Å². The molecule has 1 rings (SSSR count). The molecule has 0 aliphatic heterocycles. The zero-order valence-electron chi connectivity index (χ0n) is 14.7. The van der Waals surface area contributed by atoms with E-state index in [9.17, 15) is 5.11 Å². The highest BCUT2D eigenvalue weighted by Crippen LogP contribution is 2.39. The van der Waals surface area contributed by atoms with E-state index in [1.165, 1.54) is 0 Å². The van der Waals surface area contributed by atoms with Crippen LogP contribution in [0.2, 0.25) is 18.1 Å². The van der Waals surface area contributed by atoms with E-state index in [0.29, 0.717) is 17.8 Å². The molecule has 0 unspecified atom stereocenters. The van der Waals surface area contributed by atoms with Gasteiger partial charge in [0.05, 0.1) is 6.10 Å². The zero-order valence-corrected chi connectivity index (χ0v) is 15.7. The first-order valence-corrected chi connectivity index (χ1v) is 10.9. The van der Waals surface area contributed by atoms with E-state index in [2.05, 4.69) is 53.8 Å². The van der Waals surface area contributed by atoms with Crippen molar-refractivity contribution in [2.24, 2.45) is 17.8 Å². The fraction of sp³-hybridized carbons (Fsp3) is 0.882. The number of rotatable bonds is 4. The molecule has 0 saturated carbocycles. The van der Waals surface area contributed by atoms with Gasteiger partial charge in [-0.1, -0.05) is 40.7 Å². The topological polar surface area (TPSA) is 29.5 Å². The van der Waals surface area contributed by atoms with Crippen LogP contribution in [-0.4, -0.2) is 26.1 Å². The number of hydrogen-bond donors (Lipinski definition) is 1. The summed E-state index contributed by atoms with van der Waals surface area (Å²) in [5.74, 6) is 1.56. The number of aliphatic hydroxyl groups is 1. The molecule has 0 saturated heterocycles. The van der Waals surface area contributed by atoms with Crippen molar-refractivity contribution in [3.8, 4) is 0 Å². The van der Waals surface area contributed by atoms with Crippen molar-refractivity contribution in [3.63, 3.8) is 0 Å². The molecular formula is C17H34O2Si. The van der Waals surface area contributed by atoms with Gasteiger partial charge in [0.2, 0.25) is 0 Å². The molecule has 0 aromatic heterocycles. The molecule has 0 spiro atoms. The maximum absolute atomic E-state index is 10.1. The van der Waals surface area contributed by atoms with Crippen LogP contribution in [0.4, 0.5) is 0 Å². The van der Waals surface area contributed by atoms with Crippen molar-refractivity contribution in [1.82, 2.24) is 0 Å². The van der Waals surface area contributed by atoms with Gasteiger partial charge in [-0.25, -0.2) is 0 Å². The summed E-state index contributed by atoms with van der Waals surface area (Å²) in [6.07, 6.45) is 2.88. The highest BCUT2D eigenvalue weighted by molar-refractivity contribution is 6.74. The summed E-state index contributed by atoms with van der Waals surface area (Å²) >= 11 is 0. The minimum Gasteiger partial charge on any atom is -0.416 e. The first-order chi connectivity index (χ1) is 8.95.